The first-order chi connectivity index (χ1) is 11.6. The Kier molecular flexibility index (Phi) is 3.65. The molecule has 0 amide bonds. The normalized spacial score (nSPS) is 21.4. The summed E-state index contributed by atoms with van der Waals surface area (Å²) in [4.78, 5) is 10.9. The summed E-state index contributed by atoms with van der Waals surface area (Å²) in [5.74, 6) is 0.473. The third kappa shape index (κ3) is 2.50. The second-order valence-electron chi connectivity index (χ2n) is 6.10. The van der Waals surface area contributed by atoms with Gasteiger partial charge in [-0.3, -0.25) is 0 Å². The van der Waals surface area contributed by atoms with Crippen LogP contribution in [0.1, 0.15) is 13.8 Å². The summed E-state index contributed by atoms with van der Waals surface area (Å²) in [6.45, 7) is 5.59. The van der Waals surface area contributed by atoms with E-state index < -0.39 is 0 Å². The van der Waals surface area contributed by atoms with Gasteiger partial charge in [0, 0.05) is 13.1 Å². The minimum Gasteiger partial charge on any atom is -0.372 e. The SMILES string of the molecule is CC1CN(c2ncnc3c2cnn3-c2ccccc2F)CC(C)O1. The Balaban J connectivity index is 1.81. The van der Waals surface area contributed by atoms with Gasteiger partial charge >= 0.3 is 0 Å². The molecule has 2 unspecified atom stereocenters. The zero-order chi connectivity index (χ0) is 16.7. The van der Waals surface area contributed by atoms with Gasteiger partial charge in [0.25, 0.3) is 0 Å². The molecule has 1 aliphatic heterocycles. The molecular weight excluding hydrogens is 309 g/mol. The number of benzene rings is 1. The zero-order valence-corrected chi connectivity index (χ0v) is 13.6. The topological polar surface area (TPSA) is 56.1 Å². The summed E-state index contributed by atoms with van der Waals surface area (Å²) in [6, 6.07) is 6.53. The fourth-order valence-electron chi connectivity index (χ4n) is 3.23. The highest BCUT2D eigenvalue weighted by Gasteiger charge is 2.25. The number of nitrogens with zero attached hydrogens (tertiary/aromatic N) is 5. The van der Waals surface area contributed by atoms with E-state index in [-0.39, 0.29) is 18.0 Å². The Morgan fingerprint density at radius 2 is 1.88 bits per heavy atom. The van der Waals surface area contributed by atoms with Crippen LogP contribution >= 0.6 is 0 Å². The molecule has 0 saturated carbocycles. The van der Waals surface area contributed by atoms with E-state index in [1.165, 1.54) is 17.1 Å². The van der Waals surface area contributed by atoms with Gasteiger partial charge in [-0.2, -0.15) is 5.10 Å². The Labute approximate surface area is 138 Å². The van der Waals surface area contributed by atoms with Crippen LogP contribution in [0.4, 0.5) is 10.2 Å². The van der Waals surface area contributed by atoms with E-state index in [1.807, 2.05) is 13.8 Å². The van der Waals surface area contributed by atoms with Crippen molar-refractivity contribution < 1.29 is 9.13 Å². The first-order valence-electron chi connectivity index (χ1n) is 7.97. The Morgan fingerprint density at radius 1 is 1.12 bits per heavy atom. The van der Waals surface area contributed by atoms with Crippen LogP contribution in [0.15, 0.2) is 36.8 Å². The quantitative estimate of drug-likeness (QED) is 0.724. The minimum absolute atomic E-state index is 0.125. The maximum absolute atomic E-state index is 14.1. The summed E-state index contributed by atoms with van der Waals surface area (Å²) < 4.78 is 21.4. The molecule has 0 aliphatic carbocycles. The van der Waals surface area contributed by atoms with E-state index in [4.69, 9.17) is 4.74 Å². The molecule has 3 aromatic rings. The van der Waals surface area contributed by atoms with Gasteiger partial charge in [-0.05, 0) is 26.0 Å². The highest BCUT2D eigenvalue weighted by Crippen LogP contribution is 2.27. The highest BCUT2D eigenvalue weighted by atomic mass is 19.1. The minimum atomic E-state index is -0.337. The number of halogens is 1. The van der Waals surface area contributed by atoms with Gasteiger partial charge in [0.05, 0.1) is 23.8 Å². The van der Waals surface area contributed by atoms with Crippen molar-refractivity contribution in [1.82, 2.24) is 19.7 Å². The number of aromatic nitrogens is 4. The molecule has 7 heteroatoms. The van der Waals surface area contributed by atoms with Crippen molar-refractivity contribution in [1.29, 1.82) is 0 Å². The van der Waals surface area contributed by atoms with Crippen LogP contribution < -0.4 is 4.90 Å². The van der Waals surface area contributed by atoms with Gasteiger partial charge in [-0.1, -0.05) is 12.1 Å². The fourth-order valence-corrected chi connectivity index (χ4v) is 3.23. The van der Waals surface area contributed by atoms with Crippen LogP contribution in [0.5, 0.6) is 0 Å². The largest absolute Gasteiger partial charge is 0.372 e. The molecule has 0 N–H and O–H groups in total. The fraction of sp³-hybridized carbons (Fsp3) is 0.353. The van der Waals surface area contributed by atoms with Crippen LogP contribution in [0.25, 0.3) is 16.7 Å². The average Bonchev–Trinajstić information content (AvgIpc) is 2.98. The number of fused-ring (bicyclic) bond motifs is 1. The molecule has 4 rings (SSSR count). The van der Waals surface area contributed by atoms with E-state index in [0.29, 0.717) is 11.3 Å². The van der Waals surface area contributed by atoms with Crippen LogP contribution in [0.3, 0.4) is 0 Å². The number of morpholine rings is 1. The van der Waals surface area contributed by atoms with Crippen molar-refractivity contribution in [2.24, 2.45) is 0 Å². The number of para-hydroxylation sites is 1. The molecule has 1 saturated heterocycles. The van der Waals surface area contributed by atoms with E-state index in [9.17, 15) is 4.39 Å². The molecule has 1 fully saturated rings. The highest BCUT2D eigenvalue weighted by molar-refractivity contribution is 5.87. The molecule has 1 aromatic carbocycles. The van der Waals surface area contributed by atoms with E-state index in [1.54, 1.807) is 24.4 Å². The van der Waals surface area contributed by atoms with Gasteiger partial charge in [0.2, 0.25) is 0 Å². The number of hydrogen-bond donors (Lipinski definition) is 0. The van der Waals surface area contributed by atoms with Gasteiger partial charge in [-0.25, -0.2) is 19.0 Å². The molecule has 3 heterocycles. The van der Waals surface area contributed by atoms with Gasteiger partial charge in [-0.15, -0.1) is 0 Å². The maximum Gasteiger partial charge on any atom is 0.168 e. The Bertz CT molecular complexity index is 870. The molecule has 0 spiro atoms. The standard InChI is InChI=1S/C17H18FN5O/c1-11-8-22(9-12(2)24-11)16-13-7-21-23(17(13)20-10-19-16)15-6-4-3-5-14(15)18/h3-7,10-12H,8-9H2,1-2H3. The van der Waals surface area contributed by atoms with Gasteiger partial charge in [0.1, 0.15) is 23.6 Å². The summed E-state index contributed by atoms with van der Waals surface area (Å²) in [5.41, 5.74) is 0.970. The van der Waals surface area contributed by atoms with E-state index >= 15 is 0 Å². The van der Waals surface area contributed by atoms with Crippen molar-refractivity contribution in [3.63, 3.8) is 0 Å². The monoisotopic (exact) mass is 327 g/mol. The van der Waals surface area contributed by atoms with Crippen molar-refractivity contribution in [2.45, 2.75) is 26.1 Å². The number of ether oxygens (including phenoxy) is 1. The molecule has 0 bridgehead atoms. The molecule has 2 aromatic heterocycles. The lowest BCUT2D eigenvalue weighted by molar-refractivity contribution is -0.00537. The van der Waals surface area contributed by atoms with Crippen molar-refractivity contribution in [2.75, 3.05) is 18.0 Å². The zero-order valence-electron chi connectivity index (χ0n) is 13.6. The van der Waals surface area contributed by atoms with E-state index in [2.05, 4.69) is 20.0 Å². The van der Waals surface area contributed by atoms with Gasteiger partial charge in [0.15, 0.2) is 5.65 Å². The lowest BCUT2D eigenvalue weighted by Crippen LogP contribution is -2.45. The predicted octanol–water partition coefficient (Wildman–Crippen LogP) is 2.57. The van der Waals surface area contributed by atoms with Gasteiger partial charge < -0.3 is 9.64 Å². The van der Waals surface area contributed by atoms with Crippen molar-refractivity contribution in [3.05, 3.63) is 42.6 Å². The molecular formula is C17H18FN5O. The summed E-state index contributed by atoms with van der Waals surface area (Å²) in [5, 5.41) is 5.14. The predicted molar refractivity (Wildman–Crippen MR) is 88.8 cm³/mol. The molecule has 124 valence electrons. The van der Waals surface area contributed by atoms with Crippen molar-refractivity contribution in [3.8, 4) is 5.69 Å². The van der Waals surface area contributed by atoms with Crippen LogP contribution in [0.2, 0.25) is 0 Å². The van der Waals surface area contributed by atoms with Crippen LogP contribution in [-0.2, 0) is 4.74 Å². The van der Waals surface area contributed by atoms with E-state index in [0.717, 1.165) is 24.3 Å². The third-order valence-electron chi connectivity index (χ3n) is 4.14. The molecule has 1 aliphatic rings. The maximum atomic E-state index is 14.1. The lowest BCUT2D eigenvalue weighted by atomic mass is 10.2. The first kappa shape index (κ1) is 15.0. The summed E-state index contributed by atoms with van der Waals surface area (Å²) in [7, 11) is 0. The summed E-state index contributed by atoms with van der Waals surface area (Å²) in [6.07, 6.45) is 3.45. The number of rotatable bonds is 2. The molecule has 6 nitrogen and oxygen atoms in total. The van der Waals surface area contributed by atoms with Crippen LogP contribution in [-0.4, -0.2) is 45.0 Å². The first-order valence-corrected chi connectivity index (χ1v) is 7.97. The second-order valence-corrected chi connectivity index (χ2v) is 6.10. The molecule has 0 radical (unpaired) electrons. The smallest absolute Gasteiger partial charge is 0.168 e. The molecule has 2 atom stereocenters. The molecule has 24 heavy (non-hydrogen) atoms. The van der Waals surface area contributed by atoms with Crippen molar-refractivity contribution >= 4 is 16.9 Å². The lowest BCUT2D eigenvalue weighted by Gasteiger charge is -2.36. The van der Waals surface area contributed by atoms with Crippen LogP contribution in [0, 0.1) is 5.82 Å². The summed E-state index contributed by atoms with van der Waals surface area (Å²) >= 11 is 0. The number of hydrogen-bond acceptors (Lipinski definition) is 5. The Hall–Kier alpha value is -2.54. The number of anilines is 1. The Morgan fingerprint density at radius 3 is 2.62 bits per heavy atom. The average molecular weight is 327 g/mol. The third-order valence-corrected chi connectivity index (χ3v) is 4.14. The second kappa shape index (κ2) is 5.83.